The summed E-state index contributed by atoms with van der Waals surface area (Å²) in [4.78, 5) is 16.2. The molecule has 1 heterocycles. The number of carbonyl (C=O) groups excluding carboxylic acids is 1. The number of aromatic amines is 1. The second-order valence-corrected chi connectivity index (χ2v) is 6.63. The summed E-state index contributed by atoms with van der Waals surface area (Å²) in [5.74, 6) is 1.34. The van der Waals surface area contributed by atoms with Gasteiger partial charge in [-0.3, -0.25) is 5.10 Å². The Hall–Kier alpha value is -2.41. The van der Waals surface area contributed by atoms with Crippen molar-refractivity contribution < 1.29 is 9.90 Å². The van der Waals surface area contributed by atoms with Crippen LogP contribution in [0.3, 0.4) is 0 Å². The molecular weight excluding hydrogens is 306 g/mol. The monoisotopic (exact) mass is 331 g/mol. The number of nitrogens with zero attached hydrogens (tertiary/aromatic N) is 2. The van der Waals surface area contributed by atoms with Crippen molar-refractivity contribution in [1.82, 2.24) is 20.5 Å². The van der Waals surface area contributed by atoms with Crippen molar-refractivity contribution in [2.45, 2.75) is 33.6 Å². The van der Waals surface area contributed by atoms with E-state index in [-0.39, 0.29) is 18.1 Å². The van der Waals surface area contributed by atoms with Crippen LogP contribution in [0, 0.1) is 12.3 Å². The zero-order chi connectivity index (χ0) is 17.6. The second-order valence-electron chi connectivity index (χ2n) is 6.63. The van der Waals surface area contributed by atoms with Gasteiger partial charge in [0, 0.05) is 24.4 Å². The van der Waals surface area contributed by atoms with Crippen LogP contribution in [-0.2, 0) is 0 Å². The number of hydrogen-bond donors (Lipinski definition) is 4. The maximum atomic E-state index is 11.9. The average molecular weight is 331 g/mol. The highest BCUT2D eigenvalue weighted by Gasteiger charge is 2.15. The van der Waals surface area contributed by atoms with Gasteiger partial charge >= 0.3 is 6.03 Å². The van der Waals surface area contributed by atoms with Gasteiger partial charge in [-0.15, -0.1) is 0 Å². The highest BCUT2D eigenvalue weighted by Crippen LogP contribution is 2.21. The van der Waals surface area contributed by atoms with Crippen molar-refractivity contribution in [3.05, 3.63) is 30.1 Å². The number of amides is 2. The minimum Gasteiger partial charge on any atom is -0.396 e. The van der Waals surface area contributed by atoms with Gasteiger partial charge in [0.1, 0.15) is 5.82 Å². The SMILES string of the molecule is Cc1nc(-c2cccc(NC(=O)NCCCC(C)(C)CO)c2)n[nH]1. The summed E-state index contributed by atoms with van der Waals surface area (Å²) in [6.45, 7) is 6.55. The third-order valence-corrected chi connectivity index (χ3v) is 3.72. The van der Waals surface area contributed by atoms with Gasteiger partial charge in [-0.2, -0.15) is 5.10 Å². The van der Waals surface area contributed by atoms with E-state index in [2.05, 4.69) is 25.8 Å². The third kappa shape index (κ3) is 5.34. The van der Waals surface area contributed by atoms with Gasteiger partial charge in [0.05, 0.1) is 0 Å². The van der Waals surface area contributed by atoms with Crippen molar-refractivity contribution >= 4 is 11.7 Å². The molecule has 0 fully saturated rings. The molecule has 2 rings (SSSR count). The third-order valence-electron chi connectivity index (χ3n) is 3.72. The summed E-state index contributed by atoms with van der Waals surface area (Å²) in [6.07, 6.45) is 1.67. The van der Waals surface area contributed by atoms with Crippen molar-refractivity contribution in [1.29, 1.82) is 0 Å². The molecule has 2 amide bonds. The number of nitrogens with one attached hydrogen (secondary N) is 3. The van der Waals surface area contributed by atoms with Gasteiger partial charge in [-0.1, -0.05) is 26.0 Å². The number of hydrogen-bond acceptors (Lipinski definition) is 4. The van der Waals surface area contributed by atoms with Gasteiger partial charge in [-0.05, 0) is 37.3 Å². The molecule has 1 aromatic heterocycles. The summed E-state index contributed by atoms with van der Waals surface area (Å²) < 4.78 is 0. The van der Waals surface area contributed by atoms with E-state index in [0.29, 0.717) is 18.1 Å². The molecule has 0 bridgehead atoms. The number of anilines is 1. The lowest BCUT2D eigenvalue weighted by atomic mass is 9.89. The first-order valence-corrected chi connectivity index (χ1v) is 8.05. The Kier molecular flexibility index (Phi) is 5.92. The number of aliphatic hydroxyl groups excluding tert-OH is 1. The first-order valence-electron chi connectivity index (χ1n) is 8.05. The summed E-state index contributed by atoms with van der Waals surface area (Å²) in [5, 5.41) is 21.7. The van der Waals surface area contributed by atoms with Crippen molar-refractivity contribution in [3.8, 4) is 11.4 Å². The molecule has 0 atom stereocenters. The Bertz CT molecular complexity index is 681. The zero-order valence-electron chi connectivity index (χ0n) is 14.4. The van der Waals surface area contributed by atoms with Crippen LogP contribution in [0.1, 0.15) is 32.5 Å². The van der Waals surface area contributed by atoms with Crippen molar-refractivity contribution in [2.24, 2.45) is 5.41 Å². The first kappa shape index (κ1) is 17.9. The van der Waals surface area contributed by atoms with Gasteiger partial charge in [-0.25, -0.2) is 9.78 Å². The van der Waals surface area contributed by atoms with Crippen LogP contribution < -0.4 is 10.6 Å². The molecule has 130 valence electrons. The molecule has 2 aromatic rings. The van der Waals surface area contributed by atoms with Gasteiger partial charge < -0.3 is 15.7 Å². The second kappa shape index (κ2) is 7.92. The van der Waals surface area contributed by atoms with Crippen LogP contribution in [0.5, 0.6) is 0 Å². The molecule has 0 spiro atoms. The predicted molar refractivity (Wildman–Crippen MR) is 93.7 cm³/mol. The van der Waals surface area contributed by atoms with Crippen LogP contribution in [0.4, 0.5) is 10.5 Å². The maximum absolute atomic E-state index is 11.9. The molecule has 0 aliphatic heterocycles. The first-order chi connectivity index (χ1) is 11.4. The lowest BCUT2D eigenvalue weighted by molar-refractivity contribution is 0.148. The molecule has 0 unspecified atom stereocenters. The summed E-state index contributed by atoms with van der Waals surface area (Å²) in [5.41, 5.74) is 1.41. The van der Waals surface area contributed by atoms with Crippen LogP contribution >= 0.6 is 0 Å². The molecule has 7 heteroatoms. The van der Waals surface area contributed by atoms with E-state index in [9.17, 15) is 9.90 Å². The Balaban J connectivity index is 1.84. The van der Waals surface area contributed by atoms with E-state index in [0.717, 1.165) is 24.2 Å². The number of aliphatic hydroxyl groups is 1. The normalized spacial score (nSPS) is 11.3. The fraction of sp³-hybridized carbons (Fsp3) is 0.471. The van der Waals surface area contributed by atoms with E-state index in [4.69, 9.17) is 0 Å². The Labute approximate surface area is 141 Å². The minimum atomic E-state index is -0.250. The van der Waals surface area contributed by atoms with E-state index < -0.39 is 0 Å². The highest BCUT2D eigenvalue weighted by molar-refractivity contribution is 5.89. The van der Waals surface area contributed by atoms with E-state index in [1.54, 1.807) is 0 Å². The quantitative estimate of drug-likeness (QED) is 0.586. The lowest BCUT2D eigenvalue weighted by Gasteiger charge is -2.21. The van der Waals surface area contributed by atoms with Crippen LogP contribution in [0.15, 0.2) is 24.3 Å². The maximum Gasteiger partial charge on any atom is 0.319 e. The zero-order valence-corrected chi connectivity index (χ0v) is 14.4. The molecule has 0 saturated heterocycles. The summed E-state index contributed by atoms with van der Waals surface area (Å²) in [6, 6.07) is 7.14. The number of aromatic nitrogens is 3. The number of carbonyl (C=O) groups is 1. The fourth-order valence-corrected chi connectivity index (χ4v) is 2.23. The molecule has 0 aliphatic rings. The fourth-order valence-electron chi connectivity index (χ4n) is 2.23. The van der Waals surface area contributed by atoms with Crippen LogP contribution in [0.2, 0.25) is 0 Å². The summed E-state index contributed by atoms with van der Waals surface area (Å²) >= 11 is 0. The van der Waals surface area contributed by atoms with Crippen molar-refractivity contribution in [3.63, 3.8) is 0 Å². The van der Waals surface area contributed by atoms with Gasteiger partial charge in [0.2, 0.25) is 0 Å². The minimum absolute atomic E-state index is 0.110. The molecule has 0 saturated carbocycles. The van der Waals surface area contributed by atoms with Gasteiger partial charge in [0.15, 0.2) is 5.82 Å². The number of benzene rings is 1. The molecule has 0 radical (unpaired) electrons. The number of urea groups is 1. The highest BCUT2D eigenvalue weighted by atomic mass is 16.3. The molecule has 7 nitrogen and oxygen atoms in total. The molecular formula is C17H25N5O2. The van der Waals surface area contributed by atoms with Gasteiger partial charge in [0.25, 0.3) is 0 Å². The molecule has 4 N–H and O–H groups in total. The van der Waals surface area contributed by atoms with Crippen molar-refractivity contribution in [2.75, 3.05) is 18.5 Å². The number of aryl methyl sites for hydroxylation is 1. The Morgan fingerprint density at radius 2 is 2.17 bits per heavy atom. The average Bonchev–Trinajstić information content (AvgIpc) is 2.98. The Morgan fingerprint density at radius 1 is 1.38 bits per heavy atom. The smallest absolute Gasteiger partial charge is 0.319 e. The predicted octanol–water partition coefficient (Wildman–Crippen LogP) is 2.70. The molecule has 0 aliphatic carbocycles. The van der Waals surface area contributed by atoms with E-state index in [1.807, 2.05) is 45.0 Å². The lowest BCUT2D eigenvalue weighted by Crippen LogP contribution is -2.30. The van der Waals surface area contributed by atoms with E-state index in [1.165, 1.54) is 0 Å². The molecule has 1 aromatic carbocycles. The standard InChI is InChI=1S/C17H25N5O2/c1-12-19-15(22-21-12)13-6-4-7-14(10-13)20-16(24)18-9-5-8-17(2,3)11-23/h4,6-7,10,23H,5,8-9,11H2,1-3H3,(H2,18,20,24)(H,19,21,22). The Morgan fingerprint density at radius 3 is 2.83 bits per heavy atom. The van der Waals surface area contributed by atoms with Crippen LogP contribution in [0.25, 0.3) is 11.4 Å². The number of rotatable bonds is 7. The summed E-state index contributed by atoms with van der Waals surface area (Å²) in [7, 11) is 0. The van der Waals surface area contributed by atoms with Crippen LogP contribution in [-0.4, -0.2) is 39.5 Å². The topological polar surface area (TPSA) is 103 Å². The largest absolute Gasteiger partial charge is 0.396 e. The van der Waals surface area contributed by atoms with E-state index >= 15 is 0 Å². The molecule has 24 heavy (non-hydrogen) atoms. The number of H-pyrrole nitrogens is 1.